The molecule has 2 heterocycles. The van der Waals surface area contributed by atoms with Crippen molar-refractivity contribution >= 4 is 17.4 Å². The van der Waals surface area contributed by atoms with E-state index < -0.39 is 0 Å². The maximum atomic E-state index is 12.6. The molecule has 0 unspecified atom stereocenters. The largest absolute Gasteiger partial charge is 0.497 e. The quantitative estimate of drug-likeness (QED) is 0.682. The van der Waals surface area contributed by atoms with Crippen LogP contribution < -0.4 is 15.4 Å². The summed E-state index contributed by atoms with van der Waals surface area (Å²) in [6.07, 6.45) is 5.25. The van der Waals surface area contributed by atoms with Crippen LogP contribution >= 0.6 is 0 Å². The Bertz CT molecular complexity index is 763. The van der Waals surface area contributed by atoms with Crippen LogP contribution in [0.25, 0.3) is 0 Å². The summed E-state index contributed by atoms with van der Waals surface area (Å²) in [5.74, 6) is 2.02. The van der Waals surface area contributed by atoms with Crippen LogP contribution in [0.5, 0.6) is 5.75 Å². The highest BCUT2D eigenvalue weighted by atomic mass is 16.5. The molecule has 28 heavy (non-hydrogen) atoms. The summed E-state index contributed by atoms with van der Waals surface area (Å²) < 4.78 is 5.17. The molecule has 0 bridgehead atoms. The van der Waals surface area contributed by atoms with Gasteiger partial charge in [-0.3, -0.25) is 4.79 Å². The Hall–Kier alpha value is -2.60. The molecular formula is C22H30N4O2. The summed E-state index contributed by atoms with van der Waals surface area (Å²) in [4.78, 5) is 19.5. The smallest absolute Gasteiger partial charge is 0.255 e. The van der Waals surface area contributed by atoms with Gasteiger partial charge in [0.25, 0.3) is 5.91 Å². The number of carbonyl (C=O) groups is 1. The van der Waals surface area contributed by atoms with Crippen molar-refractivity contribution in [1.82, 2.24) is 15.2 Å². The van der Waals surface area contributed by atoms with Crippen molar-refractivity contribution in [3.63, 3.8) is 0 Å². The Morgan fingerprint density at radius 1 is 1.29 bits per heavy atom. The first-order chi connectivity index (χ1) is 13.7. The molecule has 0 spiro atoms. The summed E-state index contributed by atoms with van der Waals surface area (Å²) in [7, 11) is 1.63. The number of hydrogen-bond acceptors (Lipinski definition) is 5. The van der Waals surface area contributed by atoms with E-state index in [0.717, 1.165) is 30.3 Å². The second kappa shape index (κ2) is 10.1. The number of anilines is 2. The molecule has 1 atom stereocenters. The first-order valence-corrected chi connectivity index (χ1v) is 10.0. The summed E-state index contributed by atoms with van der Waals surface area (Å²) in [6.45, 7) is 6.37. The number of nitrogens with one attached hydrogen (secondary N) is 2. The number of nitrogens with zero attached hydrogens (tertiary/aromatic N) is 2. The first-order valence-electron chi connectivity index (χ1n) is 10.0. The number of rotatable bonds is 8. The highest BCUT2D eigenvalue weighted by molar-refractivity contribution is 5.99. The number of hydrogen-bond donors (Lipinski definition) is 2. The van der Waals surface area contributed by atoms with Gasteiger partial charge in [0.15, 0.2) is 0 Å². The zero-order valence-corrected chi connectivity index (χ0v) is 16.8. The number of aromatic nitrogens is 1. The van der Waals surface area contributed by atoms with Crippen LogP contribution in [-0.2, 0) is 0 Å². The van der Waals surface area contributed by atoms with Crippen molar-refractivity contribution in [2.45, 2.75) is 26.2 Å². The molecule has 2 aromatic rings. The first kappa shape index (κ1) is 20.1. The van der Waals surface area contributed by atoms with Gasteiger partial charge in [-0.2, -0.15) is 0 Å². The molecule has 0 aliphatic carbocycles. The molecule has 1 aromatic heterocycles. The van der Waals surface area contributed by atoms with Gasteiger partial charge in [0.2, 0.25) is 0 Å². The Morgan fingerprint density at radius 3 is 2.86 bits per heavy atom. The zero-order valence-electron chi connectivity index (χ0n) is 16.8. The van der Waals surface area contributed by atoms with Crippen LogP contribution in [0.2, 0.25) is 0 Å². The summed E-state index contributed by atoms with van der Waals surface area (Å²) in [6, 6.07) is 11.1. The monoisotopic (exact) mass is 382 g/mol. The minimum absolute atomic E-state index is 0.101. The minimum atomic E-state index is -0.101. The fraction of sp³-hybridized carbons (Fsp3) is 0.455. The number of piperidine rings is 1. The van der Waals surface area contributed by atoms with Crippen molar-refractivity contribution in [2.75, 3.05) is 38.6 Å². The number of ether oxygens (including phenoxy) is 1. The third-order valence-electron chi connectivity index (χ3n) is 5.08. The lowest BCUT2D eigenvalue weighted by molar-refractivity contribution is 0.0950. The van der Waals surface area contributed by atoms with E-state index >= 15 is 0 Å². The zero-order chi connectivity index (χ0) is 19.8. The van der Waals surface area contributed by atoms with Gasteiger partial charge in [-0.15, -0.1) is 0 Å². The van der Waals surface area contributed by atoms with Gasteiger partial charge in [0.05, 0.1) is 12.7 Å². The molecule has 1 aromatic carbocycles. The van der Waals surface area contributed by atoms with E-state index in [1.807, 2.05) is 24.3 Å². The number of methoxy groups -OCH3 is 1. The van der Waals surface area contributed by atoms with Gasteiger partial charge in [0, 0.05) is 25.0 Å². The Kier molecular flexibility index (Phi) is 7.25. The summed E-state index contributed by atoms with van der Waals surface area (Å²) >= 11 is 0. The predicted octanol–water partition coefficient (Wildman–Crippen LogP) is 3.69. The van der Waals surface area contributed by atoms with Crippen molar-refractivity contribution in [3.8, 4) is 5.75 Å². The normalized spacial score (nSPS) is 17.1. The van der Waals surface area contributed by atoms with Gasteiger partial charge >= 0.3 is 0 Å². The fourth-order valence-corrected chi connectivity index (χ4v) is 3.59. The van der Waals surface area contributed by atoms with Gasteiger partial charge in [-0.05, 0) is 74.7 Å². The van der Waals surface area contributed by atoms with Crippen molar-refractivity contribution < 1.29 is 9.53 Å². The Labute approximate surface area is 167 Å². The fourth-order valence-electron chi connectivity index (χ4n) is 3.59. The average Bonchev–Trinajstić information content (AvgIpc) is 2.72. The lowest BCUT2D eigenvalue weighted by Crippen LogP contribution is -2.36. The average molecular weight is 383 g/mol. The van der Waals surface area contributed by atoms with E-state index in [9.17, 15) is 4.79 Å². The van der Waals surface area contributed by atoms with Crippen LogP contribution in [0, 0.1) is 5.92 Å². The predicted molar refractivity (Wildman–Crippen MR) is 112 cm³/mol. The van der Waals surface area contributed by atoms with Gasteiger partial charge in [0.1, 0.15) is 11.6 Å². The number of carbonyl (C=O) groups excluding carboxylic acids is 1. The third-order valence-corrected chi connectivity index (χ3v) is 5.08. The SMILES string of the molecule is COc1ccc(Nc2ncccc2C(=O)NCCCN2CCC[C@@H](C)C2)cc1. The molecule has 150 valence electrons. The Morgan fingerprint density at radius 2 is 2.11 bits per heavy atom. The lowest BCUT2D eigenvalue weighted by Gasteiger charge is -2.30. The minimum Gasteiger partial charge on any atom is -0.497 e. The molecule has 1 amide bonds. The van der Waals surface area contributed by atoms with Crippen LogP contribution in [0.1, 0.15) is 36.5 Å². The van der Waals surface area contributed by atoms with E-state index in [0.29, 0.717) is 17.9 Å². The highest BCUT2D eigenvalue weighted by Gasteiger charge is 2.16. The number of amides is 1. The molecule has 1 fully saturated rings. The molecule has 2 N–H and O–H groups in total. The van der Waals surface area contributed by atoms with Crippen molar-refractivity contribution in [2.24, 2.45) is 5.92 Å². The van der Waals surface area contributed by atoms with Gasteiger partial charge in [-0.1, -0.05) is 6.92 Å². The van der Waals surface area contributed by atoms with Gasteiger partial charge in [-0.25, -0.2) is 4.98 Å². The molecule has 1 aliphatic rings. The number of likely N-dealkylation sites (tertiary alicyclic amines) is 1. The van der Waals surface area contributed by atoms with Crippen LogP contribution in [0.4, 0.5) is 11.5 Å². The molecular weight excluding hydrogens is 352 g/mol. The standard InChI is InChI=1S/C22H30N4O2/c1-17-6-4-14-26(16-17)15-5-13-24-22(27)20-7-3-12-23-21(20)25-18-8-10-19(28-2)11-9-18/h3,7-12,17H,4-6,13-16H2,1-2H3,(H,23,25)(H,24,27)/t17-/m1/s1. The number of pyridine rings is 1. The molecule has 0 radical (unpaired) electrons. The maximum absolute atomic E-state index is 12.6. The second-order valence-electron chi connectivity index (χ2n) is 7.41. The topological polar surface area (TPSA) is 66.5 Å². The van der Waals surface area contributed by atoms with E-state index in [1.54, 1.807) is 25.4 Å². The molecule has 1 saturated heterocycles. The van der Waals surface area contributed by atoms with Gasteiger partial charge < -0.3 is 20.3 Å². The van der Waals surface area contributed by atoms with E-state index in [1.165, 1.54) is 25.9 Å². The molecule has 3 rings (SSSR count). The summed E-state index contributed by atoms with van der Waals surface area (Å²) in [5, 5.41) is 6.24. The lowest BCUT2D eigenvalue weighted by atomic mass is 10.0. The van der Waals surface area contributed by atoms with E-state index in [-0.39, 0.29) is 5.91 Å². The van der Waals surface area contributed by atoms with Crippen LogP contribution in [-0.4, -0.2) is 49.1 Å². The highest BCUT2D eigenvalue weighted by Crippen LogP contribution is 2.21. The molecule has 6 nitrogen and oxygen atoms in total. The van der Waals surface area contributed by atoms with E-state index in [2.05, 4.69) is 27.4 Å². The Balaban J connectivity index is 1.52. The third kappa shape index (κ3) is 5.70. The second-order valence-corrected chi connectivity index (χ2v) is 7.41. The molecule has 1 aliphatic heterocycles. The molecule has 6 heteroatoms. The van der Waals surface area contributed by atoms with Crippen LogP contribution in [0.3, 0.4) is 0 Å². The maximum Gasteiger partial charge on any atom is 0.255 e. The van der Waals surface area contributed by atoms with Crippen molar-refractivity contribution in [1.29, 1.82) is 0 Å². The summed E-state index contributed by atoms with van der Waals surface area (Å²) in [5.41, 5.74) is 1.40. The van der Waals surface area contributed by atoms with Crippen LogP contribution in [0.15, 0.2) is 42.6 Å². The number of benzene rings is 1. The molecule has 0 saturated carbocycles. The van der Waals surface area contributed by atoms with E-state index in [4.69, 9.17) is 4.74 Å². The van der Waals surface area contributed by atoms with Crippen molar-refractivity contribution in [3.05, 3.63) is 48.2 Å².